The van der Waals surface area contributed by atoms with Crippen LogP contribution in [-0.2, 0) is 23.2 Å². The van der Waals surface area contributed by atoms with Gasteiger partial charge in [0.2, 0.25) is 5.91 Å². The Kier molecular flexibility index (Phi) is 4.80. The predicted molar refractivity (Wildman–Crippen MR) is 82.8 cm³/mol. The molecule has 3 rings (SSSR count). The molecular formula is C15H14F2N6O2. The number of nitrogens with one attached hydrogen (secondary N) is 1. The summed E-state index contributed by atoms with van der Waals surface area (Å²) in [7, 11) is 1.71. The molecule has 1 N–H and O–H groups in total. The van der Waals surface area contributed by atoms with E-state index in [4.69, 9.17) is 4.74 Å². The van der Waals surface area contributed by atoms with Crippen molar-refractivity contribution in [2.45, 2.75) is 6.61 Å². The van der Waals surface area contributed by atoms with Gasteiger partial charge >= 0.3 is 0 Å². The topological polar surface area (TPSA) is 86.9 Å². The molecule has 0 unspecified atom stereocenters. The van der Waals surface area contributed by atoms with Gasteiger partial charge in [0.25, 0.3) is 0 Å². The van der Waals surface area contributed by atoms with Crippen LogP contribution in [0.25, 0.3) is 5.69 Å². The molecule has 1 amide bonds. The van der Waals surface area contributed by atoms with Crippen LogP contribution in [0.4, 0.5) is 14.5 Å². The molecule has 0 saturated heterocycles. The predicted octanol–water partition coefficient (Wildman–Crippen LogP) is 1.43. The number of halogens is 2. The van der Waals surface area contributed by atoms with Gasteiger partial charge in [-0.2, -0.15) is 10.2 Å². The molecule has 0 spiro atoms. The molecule has 10 heteroatoms. The van der Waals surface area contributed by atoms with Crippen molar-refractivity contribution in [3.05, 3.63) is 54.4 Å². The normalized spacial score (nSPS) is 10.8. The number of hydrogen-bond donors (Lipinski definition) is 1. The average Bonchev–Trinajstić information content (AvgIpc) is 3.17. The molecule has 0 aliphatic carbocycles. The second kappa shape index (κ2) is 7.18. The molecule has 130 valence electrons. The lowest BCUT2D eigenvalue weighted by Crippen LogP contribution is -2.18. The van der Waals surface area contributed by atoms with E-state index >= 15 is 0 Å². The number of hydrogen-bond acceptors (Lipinski definition) is 5. The molecule has 2 aromatic heterocycles. The number of anilines is 1. The van der Waals surface area contributed by atoms with Crippen LogP contribution < -0.4 is 5.32 Å². The molecule has 1 aromatic carbocycles. The van der Waals surface area contributed by atoms with E-state index in [0.717, 1.165) is 16.8 Å². The Labute approximate surface area is 141 Å². The van der Waals surface area contributed by atoms with Gasteiger partial charge in [-0.3, -0.25) is 9.48 Å². The summed E-state index contributed by atoms with van der Waals surface area (Å²) in [6, 6.07) is 3.51. The number of ether oxygens (including phenoxy) is 1. The van der Waals surface area contributed by atoms with Crippen molar-refractivity contribution < 1.29 is 18.3 Å². The molecule has 25 heavy (non-hydrogen) atoms. The molecule has 3 aromatic rings. The highest BCUT2D eigenvalue weighted by molar-refractivity contribution is 5.91. The number of carbonyl (C=O) groups excluding carboxylic acids is 1. The fraction of sp³-hybridized carbons (Fsp3) is 0.200. The van der Waals surface area contributed by atoms with Gasteiger partial charge in [0, 0.05) is 7.05 Å². The Morgan fingerprint density at radius 2 is 2.04 bits per heavy atom. The second-order valence-electron chi connectivity index (χ2n) is 5.08. The zero-order chi connectivity index (χ0) is 17.8. The van der Waals surface area contributed by atoms with Crippen LogP contribution in [0, 0.1) is 11.6 Å². The third-order valence-corrected chi connectivity index (χ3v) is 3.30. The smallest absolute Gasteiger partial charge is 0.250 e. The lowest BCUT2D eigenvalue weighted by atomic mass is 10.3. The van der Waals surface area contributed by atoms with Crippen molar-refractivity contribution in [1.29, 1.82) is 0 Å². The zero-order valence-corrected chi connectivity index (χ0v) is 13.2. The summed E-state index contributed by atoms with van der Waals surface area (Å²) in [6.07, 6.45) is 3.98. The van der Waals surface area contributed by atoms with Gasteiger partial charge in [-0.25, -0.2) is 18.4 Å². The monoisotopic (exact) mass is 348 g/mol. The maximum atomic E-state index is 13.7. The van der Waals surface area contributed by atoms with Gasteiger partial charge in [-0.05, 0) is 12.1 Å². The van der Waals surface area contributed by atoms with E-state index in [0.29, 0.717) is 5.82 Å². The number of rotatable bonds is 6. The molecule has 8 nitrogen and oxygen atoms in total. The fourth-order valence-corrected chi connectivity index (χ4v) is 2.10. The van der Waals surface area contributed by atoms with Gasteiger partial charge in [0.15, 0.2) is 17.5 Å². The Balaban J connectivity index is 1.58. The van der Waals surface area contributed by atoms with Crippen molar-refractivity contribution in [1.82, 2.24) is 24.5 Å². The maximum absolute atomic E-state index is 13.7. The van der Waals surface area contributed by atoms with Gasteiger partial charge < -0.3 is 10.1 Å². The van der Waals surface area contributed by atoms with Crippen molar-refractivity contribution in [2.75, 3.05) is 11.9 Å². The summed E-state index contributed by atoms with van der Waals surface area (Å²) >= 11 is 0. The Bertz CT molecular complexity index is 872. The number of carbonyl (C=O) groups is 1. The maximum Gasteiger partial charge on any atom is 0.250 e. The number of benzene rings is 1. The van der Waals surface area contributed by atoms with Crippen LogP contribution in [0.15, 0.2) is 36.9 Å². The summed E-state index contributed by atoms with van der Waals surface area (Å²) in [6.45, 7) is -0.0876. The SMILES string of the molecule is Cn1ncnc1COCC(=O)Nc1cnn(-c2c(F)cccc2F)c1. The molecule has 2 heterocycles. The van der Waals surface area contributed by atoms with E-state index in [1.807, 2.05) is 0 Å². The van der Waals surface area contributed by atoms with E-state index in [1.54, 1.807) is 7.05 Å². The van der Waals surface area contributed by atoms with Crippen LogP contribution >= 0.6 is 0 Å². The minimum atomic E-state index is -0.756. The molecule has 0 saturated carbocycles. The van der Waals surface area contributed by atoms with E-state index < -0.39 is 17.5 Å². The standard InChI is InChI=1S/C15H14F2N6O2/c1-22-13(18-9-20-22)7-25-8-14(24)21-10-5-19-23(6-10)15-11(16)3-2-4-12(15)17/h2-6,9H,7-8H2,1H3,(H,21,24). The largest absolute Gasteiger partial charge is 0.364 e. The van der Waals surface area contributed by atoms with Crippen molar-refractivity contribution in [2.24, 2.45) is 7.05 Å². The van der Waals surface area contributed by atoms with Crippen LogP contribution in [-0.4, -0.2) is 37.1 Å². The minimum Gasteiger partial charge on any atom is -0.364 e. The summed E-state index contributed by atoms with van der Waals surface area (Å²) < 4.78 is 35.2. The van der Waals surface area contributed by atoms with Crippen LogP contribution in [0.3, 0.4) is 0 Å². The van der Waals surface area contributed by atoms with E-state index in [1.165, 1.54) is 29.5 Å². The van der Waals surface area contributed by atoms with Gasteiger partial charge in [0.05, 0.1) is 18.1 Å². The van der Waals surface area contributed by atoms with Crippen LogP contribution in [0.2, 0.25) is 0 Å². The first kappa shape index (κ1) is 16.7. The van der Waals surface area contributed by atoms with Crippen molar-refractivity contribution in [3.63, 3.8) is 0 Å². The molecule has 0 bridgehead atoms. The highest BCUT2D eigenvalue weighted by Crippen LogP contribution is 2.18. The average molecular weight is 348 g/mol. The van der Waals surface area contributed by atoms with Gasteiger partial charge in [0.1, 0.15) is 25.2 Å². The molecular weight excluding hydrogens is 334 g/mol. The first-order valence-corrected chi connectivity index (χ1v) is 7.24. The van der Waals surface area contributed by atoms with E-state index in [-0.39, 0.29) is 24.6 Å². The Morgan fingerprint density at radius 3 is 2.72 bits per heavy atom. The molecule has 0 aliphatic rings. The van der Waals surface area contributed by atoms with Crippen molar-refractivity contribution in [3.8, 4) is 5.69 Å². The van der Waals surface area contributed by atoms with E-state index in [9.17, 15) is 13.6 Å². The lowest BCUT2D eigenvalue weighted by Gasteiger charge is -2.05. The second-order valence-corrected chi connectivity index (χ2v) is 5.08. The summed E-state index contributed by atoms with van der Waals surface area (Å²) in [4.78, 5) is 15.8. The number of aromatic nitrogens is 5. The fourth-order valence-electron chi connectivity index (χ4n) is 2.10. The molecule has 0 fully saturated rings. The van der Waals surface area contributed by atoms with Gasteiger partial charge in [-0.1, -0.05) is 6.07 Å². The highest BCUT2D eigenvalue weighted by atomic mass is 19.1. The summed E-state index contributed by atoms with van der Waals surface area (Å²) in [5.41, 5.74) is -0.0311. The highest BCUT2D eigenvalue weighted by Gasteiger charge is 2.13. The van der Waals surface area contributed by atoms with E-state index in [2.05, 4.69) is 20.5 Å². The molecule has 0 atom stereocenters. The lowest BCUT2D eigenvalue weighted by molar-refractivity contribution is -0.121. The summed E-state index contributed by atoms with van der Waals surface area (Å²) in [5.74, 6) is -1.37. The first-order chi connectivity index (χ1) is 12.0. The van der Waals surface area contributed by atoms with Crippen molar-refractivity contribution >= 4 is 11.6 Å². The first-order valence-electron chi connectivity index (χ1n) is 7.24. The zero-order valence-electron chi connectivity index (χ0n) is 13.2. The number of aryl methyl sites for hydroxylation is 1. The number of nitrogens with zero attached hydrogens (tertiary/aromatic N) is 5. The quantitative estimate of drug-likeness (QED) is 0.728. The minimum absolute atomic E-state index is 0.129. The number of amides is 1. The number of para-hydroxylation sites is 1. The third kappa shape index (κ3) is 3.86. The van der Waals surface area contributed by atoms with Crippen LogP contribution in [0.5, 0.6) is 0 Å². The third-order valence-electron chi connectivity index (χ3n) is 3.30. The molecule has 0 aliphatic heterocycles. The Morgan fingerprint density at radius 1 is 1.28 bits per heavy atom. The molecule has 0 radical (unpaired) electrons. The van der Waals surface area contributed by atoms with Crippen LogP contribution in [0.1, 0.15) is 5.82 Å². The Hall–Kier alpha value is -3.14. The summed E-state index contributed by atoms with van der Waals surface area (Å²) in [5, 5.41) is 10.3. The van der Waals surface area contributed by atoms with Gasteiger partial charge in [-0.15, -0.1) is 0 Å².